The number of nitrogens with zero attached hydrogens (tertiary/aromatic N) is 2. The number of methoxy groups -OCH3 is 1. The zero-order valence-electron chi connectivity index (χ0n) is 15.8. The Morgan fingerprint density at radius 2 is 1.80 bits per heavy atom. The van der Waals surface area contributed by atoms with Gasteiger partial charge in [0.1, 0.15) is 5.75 Å². The fourth-order valence-electron chi connectivity index (χ4n) is 3.08. The van der Waals surface area contributed by atoms with Gasteiger partial charge in [0.05, 0.1) is 7.11 Å². The van der Waals surface area contributed by atoms with Crippen LogP contribution in [0.15, 0.2) is 29.3 Å². The molecule has 0 aromatic heterocycles. The predicted molar refractivity (Wildman–Crippen MR) is 116 cm³/mol. The first-order valence-corrected chi connectivity index (χ1v) is 8.97. The third-order valence-electron chi connectivity index (χ3n) is 4.77. The van der Waals surface area contributed by atoms with Crippen molar-refractivity contribution >= 4 is 29.9 Å². The number of rotatable bonds is 7. The first kappa shape index (κ1) is 22.0. The summed E-state index contributed by atoms with van der Waals surface area (Å²) in [7, 11) is 5.74. The van der Waals surface area contributed by atoms with Crippen molar-refractivity contribution < 1.29 is 4.74 Å². The van der Waals surface area contributed by atoms with Crippen LogP contribution in [0.3, 0.4) is 0 Å². The van der Waals surface area contributed by atoms with E-state index in [1.165, 1.54) is 37.9 Å². The molecule has 0 atom stereocenters. The Balaban J connectivity index is 0.00000312. The predicted octanol–water partition coefficient (Wildman–Crippen LogP) is 2.75. The normalized spacial score (nSPS) is 16.2. The molecule has 5 nitrogen and oxygen atoms in total. The highest BCUT2D eigenvalue weighted by atomic mass is 127. The molecule has 1 fully saturated rings. The van der Waals surface area contributed by atoms with Gasteiger partial charge >= 0.3 is 0 Å². The Morgan fingerprint density at radius 1 is 1.16 bits per heavy atom. The molecule has 1 aromatic rings. The van der Waals surface area contributed by atoms with Crippen molar-refractivity contribution in [3.63, 3.8) is 0 Å². The quantitative estimate of drug-likeness (QED) is 0.373. The lowest BCUT2D eigenvalue weighted by Crippen LogP contribution is -2.39. The minimum Gasteiger partial charge on any atom is -0.497 e. The van der Waals surface area contributed by atoms with Crippen LogP contribution < -0.4 is 15.4 Å². The fourth-order valence-corrected chi connectivity index (χ4v) is 3.08. The number of halogens is 1. The minimum absolute atomic E-state index is 0. The van der Waals surface area contributed by atoms with E-state index in [9.17, 15) is 0 Å². The summed E-state index contributed by atoms with van der Waals surface area (Å²) in [5, 5.41) is 6.83. The molecule has 2 N–H and O–H groups in total. The molecule has 25 heavy (non-hydrogen) atoms. The largest absolute Gasteiger partial charge is 0.497 e. The number of hydrogen-bond donors (Lipinski definition) is 2. The molecule has 0 saturated carbocycles. The van der Waals surface area contributed by atoms with Gasteiger partial charge in [-0.05, 0) is 69.4 Å². The molecule has 1 aliphatic rings. The van der Waals surface area contributed by atoms with Crippen LogP contribution in [-0.2, 0) is 6.42 Å². The Bertz CT molecular complexity index is 499. The molecule has 2 rings (SSSR count). The third kappa shape index (κ3) is 8.27. The molecule has 6 heteroatoms. The molecule has 0 spiro atoms. The molecule has 1 aliphatic heterocycles. The number of benzene rings is 1. The number of aliphatic imine (C=N–C) groups is 1. The summed E-state index contributed by atoms with van der Waals surface area (Å²) in [6, 6.07) is 8.22. The van der Waals surface area contributed by atoms with Crippen molar-refractivity contribution in [1.29, 1.82) is 0 Å². The Kier molecular flexibility index (Phi) is 10.9. The maximum Gasteiger partial charge on any atom is 0.190 e. The first-order valence-electron chi connectivity index (χ1n) is 8.97. The Labute approximate surface area is 169 Å². The molecule has 0 unspecified atom stereocenters. The van der Waals surface area contributed by atoms with E-state index in [0.29, 0.717) is 0 Å². The third-order valence-corrected chi connectivity index (χ3v) is 4.77. The molecule has 0 radical (unpaired) electrons. The number of guanidine groups is 1. The van der Waals surface area contributed by atoms with Crippen LogP contribution in [0.5, 0.6) is 5.75 Å². The van der Waals surface area contributed by atoms with Crippen LogP contribution in [0, 0.1) is 5.92 Å². The second-order valence-electron chi connectivity index (χ2n) is 6.56. The fraction of sp³-hybridized carbons (Fsp3) is 0.632. The van der Waals surface area contributed by atoms with E-state index in [4.69, 9.17) is 4.74 Å². The highest BCUT2D eigenvalue weighted by molar-refractivity contribution is 14.0. The molecule has 0 aliphatic carbocycles. The maximum atomic E-state index is 5.18. The topological polar surface area (TPSA) is 48.9 Å². The number of nitrogens with one attached hydrogen (secondary N) is 2. The lowest BCUT2D eigenvalue weighted by molar-refractivity contribution is 0.213. The van der Waals surface area contributed by atoms with Crippen molar-refractivity contribution in [1.82, 2.24) is 15.5 Å². The summed E-state index contributed by atoms with van der Waals surface area (Å²) in [5.74, 6) is 2.65. The molecule has 0 bridgehead atoms. The van der Waals surface area contributed by atoms with Crippen molar-refractivity contribution in [2.24, 2.45) is 10.9 Å². The SMILES string of the molecule is CN=C(NCCc1ccc(OC)cc1)NCCC1CCN(C)CC1.I. The first-order chi connectivity index (χ1) is 11.7. The van der Waals surface area contributed by atoms with Crippen LogP contribution in [0.2, 0.25) is 0 Å². The monoisotopic (exact) mass is 460 g/mol. The average molecular weight is 460 g/mol. The van der Waals surface area contributed by atoms with Crippen LogP contribution in [0.25, 0.3) is 0 Å². The molecule has 142 valence electrons. The second kappa shape index (κ2) is 12.4. The van der Waals surface area contributed by atoms with Crippen LogP contribution in [-0.4, -0.2) is 58.2 Å². The second-order valence-corrected chi connectivity index (χ2v) is 6.56. The molecular formula is C19H33IN4O. The highest BCUT2D eigenvalue weighted by Gasteiger charge is 2.16. The van der Waals surface area contributed by atoms with E-state index in [1.54, 1.807) is 7.11 Å². The van der Waals surface area contributed by atoms with Crippen LogP contribution in [0.4, 0.5) is 0 Å². The lowest BCUT2D eigenvalue weighted by atomic mass is 9.94. The van der Waals surface area contributed by atoms with Crippen molar-refractivity contribution in [2.45, 2.75) is 25.7 Å². The van der Waals surface area contributed by atoms with Crippen LogP contribution >= 0.6 is 24.0 Å². The van der Waals surface area contributed by atoms with Gasteiger partial charge in [0.2, 0.25) is 0 Å². The van der Waals surface area contributed by atoms with E-state index >= 15 is 0 Å². The molecule has 1 saturated heterocycles. The Morgan fingerprint density at radius 3 is 2.40 bits per heavy atom. The number of piperidine rings is 1. The summed E-state index contributed by atoms with van der Waals surface area (Å²) >= 11 is 0. The maximum absolute atomic E-state index is 5.18. The van der Waals surface area contributed by atoms with Gasteiger partial charge in [0, 0.05) is 20.1 Å². The molecule has 1 aromatic carbocycles. The molecule has 1 heterocycles. The van der Waals surface area contributed by atoms with Crippen molar-refractivity contribution in [3.8, 4) is 5.75 Å². The van der Waals surface area contributed by atoms with Gasteiger partial charge in [-0.25, -0.2) is 0 Å². The van der Waals surface area contributed by atoms with E-state index < -0.39 is 0 Å². The number of ether oxygens (including phenoxy) is 1. The Hall–Kier alpha value is -1.02. The van der Waals surface area contributed by atoms with E-state index in [-0.39, 0.29) is 24.0 Å². The summed E-state index contributed by atoms with van der Waals surface area (Å²) in [4.78, 5) is 6.73. The van der Waals surface area contributed by atoms with Crippen LogP contribution in [0.1, 0.15) is 24.8 Å². The van der Waals surface area contributed by atoms with E-state index in [0.717, 1.165) is 37.1 Å². The zero-order valence-corrected chi connectivity index (χ0v) is 18.1. The smallest absolute Gasteiger partial charge is 0.190 e. The molecular weight excluding hydrogens is 427 g/mol. The minimum atomic E-state index is 0. The summed E-state index contributed by atoms with van der Waals surface area (Å²) in [6.07, 6.45) is 4.84. The van der Waals surface area contributed by atoms with Gasteiger partial charge in [-0.2, -0.15) is 0 Å². The van der Waals surface area contributed by atoms with Gasteiger partial charge in [-0.15, -0.1) is 24.0 Å². The van der Waals surface area contributed by atoms with Gasteiger partial charge in [0.15, 0.2) is 5.96 Å². The van der Waals surface area contributed by atoms with Gasteiger partial charge < -0.3 is 20.3 Å². The summed E-state index contributed by atoms with van der Waals surface area (Å²) < 4.78 is 5.18. The van der Waals surface area contributed by atoms with Gasteiger partial charge in [-0.3, -0.25) is 4.99 Å². The van der Waals surface area contributed by atoms with E-state index in [1.807, 2.05) is 19.2 Å². The van der Waals surface area contributed by atoms with Crippen molar-refractivity contribution in [3.05, 3.63) is 29.8 Å². The summed E-state index contributed by atoms with van der Waals surface area (Å²) in [5.41, 5.74) is 1.30. The zero-order chi connectivity index (χ0) is 17.2. The number of hydrogen-bond acceptors (Lipinski definition) is 3. The average Bonchev–Trinajstić information content (AvgIpc) is 2.62. The van der Waals surface area contributed by atoms with Gasteiger partial charge in [-0.1, -0.05) is 12.1 Å². The highest BCUT2D eigenvalue weighted by Crippen LogP contribution is 2.18. The van der Waals surface area contributed by atoms with Gasteiger partial charge in [0.25, 0.3) is 0 Å². The van der Waals surface area contributed by atoms with Crippen molar-refractivity contribution in [2.75, 3.05) is 47.4 Å². The standard InChI is InChI=1S/C19H32N4O.HI/c1-20-19(22-13-9-17-10-14-23(2)15-11-17)21-12-8-16-4-6-18(24-3)7-5-16;/h4-7,17H,8-15H2,1-3H3,(H2,20,21,22);1H. The summed E-state index contributed by atoms with van der Waals surface area (Å²) in [6.45, 7) is 4.34. The lowest BCUT2D eigenvalue weighted by Gasteiger charge is -2.29. The van der Waals surface area contributed by atoms with E-state index in [2.05, 4.69) is 39.7 Å². The number of likely N-dealkylation sites (tertiary alicyclic amines) is 1. The molecule has 0 amide bonds.